The Balaban J connectivity index is 2.01. The molecule has 0 amide bonds. The highest BCUT2D eigenvalue weighted by molar-refractivity contribution is 4.79. The standard InChI is InChI=1S/C15H32N2O/c1-13(2)14-6-5-7-15(12-14)16-8-10-18-11-9-17(3)4/h13-16H,5-12H2,1-4H3. The van der Waals surface area contributed by atoms with Gasteiger partial charge in [-0.3, -0.25) is 0 Å². The zero-order valence-corrected chi connectivity index (χ0v) is 12.7. The van der Waals surface area contributed by atoms with Crippen molar-refractivity contribution in [3.05, 3.63) is 0 Å². The second-order valence-electron chi connectivity index (χ2n) is 6.24. The van der Waals surface area contributed by atoms with Crippen LogP contribution in [0.3, 0.4) is 0 Å². The largest absolute Gasteiger partial charge is 0.379 e. The summed E-state index contributed by atoms with van der Waals surface area (Å²) in [6.07, 6.45) is 5.52. The van der Waals surface area contributed by atoms with E-state index >= 15 is 0 Å². The van der Waals surface area contributed by atoms with E-state index in [-0.39, 0.29) is 0 Å². The highest BCUT2D eigenvalue weighted by Gasteiger charge is 2.23. The SMILES string of the molecule is CC(C)C1CCCC(NCCOCCN(C)C)C1. The molecule has 0 radical (unpaired) electrons. The molecule has 3 nitrogen and oxygen atoms in total. The molecular weight excluding hydrogens is 224 g/mol. The summed E-state index contributed by atoms with van der Waals surface area (Å²) in [6, 6.07) is 0.726. The second-order valence-corrected chi connectivity index (χ2v) is 6.24. The molecule has 108 valence electrons. The summed E-state index contributed by atoms with van der Waals surface area (Å²) in [4.78, 5) is 2.15. The Morgan fingerprint density at radius 2 is 2.00 bits per heavy atom. The topological polar surface area (TPSA) is 24.5 Å². The summed E-state index contributed by atoms with van der Waals surface area (Å²) in [7, 11) is 4.16. The Morgan fingerprint density at radius 3 is 2.67 bits per heavy atom. The molecule has 18 heavy (non-hydrogen) atoms. The molecule has 0 aromatic rings. The average molecular weight is 256 g/mol. The van der Waals surface area contributed by atoms with Gasteiger partial charge in [0.15, 0.2) is 0 Å². The van der Waals surface area contributed by atoms with Gasteiger partial charge in [-0.15, -0.1) is 0 Å². The van der Waals surface area contributed by atoms with E-state index in [0.717, 1.165) is 44.2 Å². The Morgan fingerprint density at radius 1 is 1.22 bits per heavy atom. The highest BCUT2D eigenvalue weighted by Crippen LogP contribution is 2.29. The third-order valence-corrected chi connectivity index (χ3v) is 4.02. The molecule has 1 N–H and O–H groups in total. The minimum absolute atomic E-state index is 0.726. The Bertz CT molecular complexity index is 207. The zero-order chi connectivity index (χ0) is 13.4. The lowest BCUT2D eigenvalue weighted by Gasteiger charge is -2.32. The molecule has 2 atom stereocenters. The van der Waals surface area contributed by atoms with Gasteiger partial charge < -0.3 is 15.0 Å². The first-order valence-electron chi connectivity index (χ1n) is 7.55. The lowest BCUT2D eigenvalue weighted by atomic mass is 9.79. The van der Waals surface area contributed by atoms with Crippen molar-refractivity contribution < 1.29 is 4.74 Å². The van der Waals surface area contributed by atoms with E-state index in [4.69, 9.17) is 4.74 Å². The smallest absolute Gasteiger partial charge is 0.0593 e. The first-order valence-corrected chi connectivity index (χ1v) is 7.55. The molecule has 1 rings (SSSR count). The molecule has 0 bridgehead atoms. The summed E-state index contributed by atoms with van der Waals surface area (Å²) < 4.78 is 5.61. The summed E-state index contributed by atoms with van der Waals surface area (Å²) in [5.74, 6) is 1.76. The van der Waals surface area contributed by atoms with Crippen molar-refractivity contribution in [1.29, 1.82) is 0 Å². The fourth-order valence-electron chi connectivity index (χ4n) is 2.70. The monoisotopic (exact) mass is 256 g/mol. The van der Waals surface area contributed by atoms with E-state index in [0.29, 0.717) is 0 Å². The molecule has 3 heteroatoms. The van der Waals surface area contributed by atoms with E-state index in [1.54, 1.807) is 0 Å². The minimum atomic E-state index is 0.726. The van der Waals surface area contributed by atoms with Gasteiger partial charge in [0.2, 0.25) is 0 Å². The summed E-state index contributed by atoms with van der Waals surface area (Å²) in [5.41, 5.74) is 0. The van der Waals surface area contributed by atoms with Crippen LogP contribution in [-0.2, 0) is 4.74 Å². The number of hydrogen-bond donors (Lipinski definition) is 1. The number of hydrogen-bond acceptors (Lipinski definition) is 3. The van der Waals surface area contributed by atoms with Crippen LogP contribution in [-0.4, -0.2) is 51.3 Å². The molecule has 1 fully saturated rings. The zero-order valence-electron chi connectivity index (χ0n) is 12.7. The van der Waals surface area contributed by atoms with Gasteiger partial charge in [0.25, 0.3) is 0 Å². The molecule has 1 aliphatic carbocycles. The summed E-state index contributed by atoms with van der Waals surface area (Å²) in [5, 5.41) is 3.66. The van der Waals surface area contributed by atoms with E-state index in [1.807, 2.05) is 0 Å². The fraction of sp³-hybridized carbons (Fsp3) is 1.00. The lowest BCUT2D eigenvalue weighted by molar-refractivity contribution is 0.114. The van der Waals surface area contributed by atoms with Gasteiger partial charge in [-0.05, 0) is 38.8 Å². The van der Waals surface area contributed by atoms with Crippen LogP contribution in [0.15, 0.2) is 0 Å². The number of likely N-dealkylation sites (N-methyl/N-ethyl adjacent to an activating group) is 1. The molecular formula is C15H32N2O. The van der Waals surface area contributed by atoms with Crippen LogP contribution in [0.2, 0.25) is 0 Å². The van der Waals surface area contributed by atoms with E-state index < -0.39 is 0 Å². The molecule has 0 spiro atoms. The highest BCUT2D eigenvalue weighted by atomic mass is 16.5. The fourth-order valence-corrected chi connectivity index (χ4v) is 2.70. The summed E-state index contributed by atoms with van der Waals surface area (Å²) >= 11 is 0. The third kappa shape index (κ3) is 6.72. The normalized spacial score (nSPS) is 25.0. The molecule has 1 saturated carbocycles. The van der Waals surface area contributed by atoms with Crippen LogP contribution >= 0.6 is 0 Å². The van der Waals surface area contributed by atoms with Gasteiger partial charge in [0.05, 0.1) is 13.2 Å². The van der Waals surface area contributed by atoms with Gasteiger partial charge in [0.1, 0.15) is 0 Å². The lowest BCUT2D eigenvalue weighted by Crippen LogP contribution is -2.37. The molecule has 2 unspecified atom stereocenters. The van der Waals surface area contributed by atoms with Crippen molar-refractivity contribution in [1.82, 2.24) is 10.2 Å². The Kier molecular flexibility index (Phi) is 7.87. The molecule has 0 heterocycles. The molecule has 0 aromatic heterocycles. The maximum absolute atomic E-state index is 5.61. The molecule has 0 aromatic carbocycles. The average Bonchev–Trinajstić information content (AvgIpc) is 2.33. The predicted molar refractivity (Wildman–Crippen MR) is 78.0 cm³/mol. The number of rotatable bonds is 8. The van der Waals surface area contributed by atoms with E-state index in [9.17, 15) is 0 Å². The molecule has 0 saturated heterocycles. The number of nitrogens with one attached hydrogen (secondary N) is 1. The van der Waals surface area contributed by atoms with E-state index in [2.05, 4.69) is 38.2 Å². The maximum Gasteiger partial charge on any atom is 0.0593 e. The van der Waals surface area contributed by atoms with Crippen molar-refractivity contribution in [3.63, 3.8) is 0 Å². The van der Waals surface area contributed by atoms with Crippen molar-refractivity contribution >= 4 is 0 Å². The second kappa shape index (κ2) is 8.89. The van der Waals surface area contributed by atoms with Crippen LogP contribution in [0.5, 0.6) is 0 Å². The van der Waals surface area contributed by atoms with Crippen molar-refractivity contribution in [2.45, 2.75) is 45.6 Å². The maximum atomic E-state index is 5.61. The van der Waals surface area contributed by atoms with Crippen LogP contribution < -0.4 is 5.32 Å². The molecule has 1 aliphatic rings. The van der Waals surface area contributed by atoms with Gasteiger partial charge in [-0.1, -0.05) is 26.7 Å². The Hall–Kier alpha value is -0.120. The first-order chi connectivity index (χ1) is 8.59. The van der Waals surface area contributed by atoms with Gasteiger partial charge >= 0.3 is 0 Å². The van der Waals surface area contributed by atoms with Crippen molar-refractivity contribution in [2.24, 2.45) is 11.8 Å². The van der Waals surface area contributed by atoms with Crippen molar-refractivity contribution in [2.75, 3.05) is 40.4 Å². The van der Waals surface area contributed by atoms with Crippen LogP contribution in [0.1, 0.15) is 39.5 Å². The van der Waals surface area contributed by atoms with Gasteiger partial charge in [0, 0.05) is 19.1 Å². The van der Waals surface area contributed by atoms with Crippen LogP contribution in [0, 0.1) is 11.8 Å². The minimum Gasteiger partial charge on any atom is -0.379 e. The summed E-state index contributed by atoms with van der Waals surface area (Å²) in [6.45, 7) is 8.42. The van der Waals surface area contributed by atoms with E-state index in [1.165, 1.54) is 25.7 Å². The number of nitrogens with zero attached hydrogens (tertiary/aromatic N) is 1. The predicted octanol–water partition coefficient (Wildman–Crippen LogP) is 2.37. The Labute approximate surface area is 113 Å². The van der Waals surface area contributed by atoms with Gasteiger partial charge in [-0.25, -0.2) is 0 Å². The van der Waals surface area contributed by atoms with Gasteiger partial charge in [-0.2, -0.15) is 0 Å². The van der Waals surface area contributed by atoms with Crippen LogP contribution in [0.25, 0.3) is 0 Å². The quantitative estimate of drug-likeness (QED) is 0.675. The first kappa shape index (κ1) is 15.9. The van der Waals surface area contributed by atoms with Crippen LogP contribution in [0.4, 0.5) is 0 Å². The number of ether oxygens (including phenoxy) is 1. The van der Waals surface area contributed by atoms with Crippen molar-refractivity contribution in [3.8, 4) is 0 Å². The molecule has 0 aliphatic heterocycles. The third-order valence-electron chi connectivity index (χ3n) is 4.02.